The van der Waals surface area contributed by atoms with Gasteiger partial charge in [0.25, 0.3) is 11.5 Å². The Hall–Kier alpha value is -3.22. The molecule has 7 nitrogen and oxygen atoms in total. The summed E-state index contributed by atoms with van der Waals surface area (Å²) in [4.78, 5) is 33.2. The number of hydrogen-bond donors (Lipinski definition) is 1. The number of anilines is 1. The maximum Gasteiger partial charge on any atom is 0.271 e. The number of allylic oxidation sites excluding steroid dienone is 1. The summed E-state index contributed by atoms with van der Waals surface area (Å²) in [7, 11) is 0. The molecule has 0 spiro atoms. The number of carbonyl (C=O) groups is 1. The lowest BCUT2D eigenvalue weighted by Crippen LogP contribution is -2.40. The van der Waals surface area contributed by atoms with E-state index in [-0.39, 0.29) is 17.6 Å². The molecule has 1 aliphatic heterocycles. The highest BCUT2D eigenvalue weighted by atomic mass is 127. The summed E-state index contributed by atoms with van der Waals surface area (Å²) in [6, 6.07) is 20.0. The van der Waals surface area contributed by atoms with Crippen LogP contribution < -0.4 is 29.7 Å². The van der Waals surface area contributed by atoms with Crippen molar-refractivity contribution in [1.82, 2.24) is 4.57 Å². The van der Waals surface area contributed by atoms with Gasteiger partial charge in [0.15, 0.2) is 4.80 Å². The van der Waals surface area contributed by atoms with Crippen LogP contribution in [0.15, 0.2) is 92.3 Å². The molecule has 42 heavy (non-hydrogen) atoms. The van der Waals surface area contributed by atoms with Gasteiger partial charge in [-0.05, 0) is 98.3 Å². The molecular weight excluding hydrogens is 729 g/mol. The molecule has 0 saturated carbocycles. The number of aromatic nitrogens is 1. The Kier molecular flexibility index (Phi) is 9.34. The van der Waals surface area contributed by atoms with E-state index in [0.29, 0.717) is 44.4 Å². The van der Waals surface area contributed by atoms with Crippen LogP contribution in [0.2, 0.25) is 0 Å². The number of nitrogens with one attached hydrogen (secondary N) is 1. The van der Waals surface area contributed by atoms with Gasteiger partial charge < -0.3 is 14.8 Å². The van der Waals surface area contributed by atoms with Gasteiger partial charge in [-0.3, -0.25) is 14.2 Å². The molecule has 0 radical (unpaired) electrons. The molecule has 0 fully saturated rings. The van der Waals surface area contributed by atoms with E-state index in [0.717, 1.165) is 19.2 Å². The maximum absolute atomic E-state index is 14.2. The standard InChI is InChI=1S/C32H29BrIN3O4S/c1-5-40-24-13-11-20(12-14-24)28-27(30(38)36-23-9-7-6-8-10-23)19(4)35-32-37(28)31(39)26(42-32)16-21-15-22(33)17-25(34)29(21)41-18(2)3/h6-18,28H,5H2,1-4H3,(H,36,38)/b26-16-/t28-/m1/s1. The molecule has 4 aromatic rings. The highest BCUT2D eigenvalue weighted by Gasteiger charge is 2.32. The Balaban J connectivity index is 1.68. The second-order valence-corrected chi connectivity index (χ2v) is 13.0. The predicted octanol–water partition coefficient (Wildman–Crippen LogP) is 6.43. The van der Waals surface area contributed by atoms with Crippen molar-refractivity contribution in [3.63, 3.8) is 0 Å². The van der Waals surface area contributed by atoms with Gasteiger partial charge in [-0.25, -0.2) is 4.99 Å². The Morgan fingerprint density at radius 2 is 1.88 bits per heavy atom. The van der Waals surface area contributed by atoms with Crippen molar-refractivity contribution in [2.45, 2.75) is 39.8 Å². The molecule has 1 amide bonds. The van der Waals surface area contributed by atoms with E-state index >= 15 is 0 Å². The van der Waals surface area contributed by atoms with Crippen LogP contribution in [-0.4, -0.2) is 23.2 Å². The van der Waals surface area contributed by atoms with Gasteiger partial charge in [0, 0.05) is 15.7 Å². The molecule has 0 unspecified atom stereocenters. The fourth-order valence-corrected chi connectivity index (χ4v) is 7.46. The van der Waals surface area contributed by atoms with Gasteiger partial charge in [-0.1, -0.05) is 57.6 Å². The average molecular weight is 758 g/mol. The fraction of sp³-hybridized carbons (Fsp3) is 0.219. The first-order valence-electron chi connectivity index (χ1n) is 13.4. The summed E-state index contributed by atoms with van der Waals surface area (Å²) in [6.45, 7) is 8.21. The van der Waals surface area contributed by atoms with Crippen molar-refractivity contribution in [1.29, 1.82) is 0 Å². The summed E-state index contributed by atoms with van der Waals surface area (Å²) in [6.07, 6.45) is 1.80. The monoisotopic (exact) mass is 757 g/mol. The summed E-state index contributed by atoms with van der Waals surface area (Å²) in [5, 5.41) is 2.98. The van der Waals surface area contributed by atoms with E-state index < -0.39 is 6.04 Å². The molecule has 0 aliphatic carbocycles. The van der Waals surface area contributed by atoms with Crippen molar-refractivity contribution in [2.75, 3.05) is 11.9 Å². The molecule has 1 aliphatic rings. The van der Waals surface area contributed by atoms with Crippen LogP contribution in [0.5, 0.6) is 11.5 Å². The fourth-order valence-electron chi connectivity index (χ4n) is 4.75. The van der Waals surface area contributed by atoms with E-state index in [1.54, 1.807) is 4.57 Å². The van der Waals surface area contributed by atoms with Crippen LogP contribution in [0.1, 0.15) is 44.9 Å². The van der Waals surface area contributed by atoms with E-state index in [9.17, 15) is 9.59 Å². The maximum atomic E-state index is 14.2. The van der Waals surface area contributed by atoms with Crippen LogP contribution >= 0.6 is 49.9 Å². The number of halogens is 2. The number of ether oxygens (including phenoxy) is 2. The zero-order valence-corrected chi connectivity index (χ0v) is 28.0. The molecule has 1 aromatic heterocycles. The molecule has 2 heterocycles. The molecular formula is C32H29BrIN3O4S. The van der Waals surface area contributed by atoms with E-state index in [2.05, 4.69) is 43.8 Å². The average Bonchev–Trinajstić information content (AvgIpc) is 3.25. The van der Waals surface area contributed by atoms with Crippen molar-refractivity contribution >= 4 is 67.5 Å². The summed E-state index contributed by atoms with van der Waals surface area (Å²) < 4.78 is 15.7. The molecule has 216 valence electrons. The van der Waals surface area contributed by atoms with E-state index in [4.69, 9.17) is 14.5 Å². The topological polar surface area (TPSA) is 81.9 Å². The molecule has 5 rings (SSSR count). The first-order valence-corrected chi connectivity index (χ1v) is 16.1. The number of carbonyl (C=O) groups excluding carboxylic acids is 1. The Bertz CT molecular complexity index is 1850. The quantitative estimate of drug-likeness (QED) is 0.210. The smallest absolute Gasteiger partial charge is 0.271 e. The molecule has 1 N–H and O–H groups in total. The van der Waals surface area contributed by atoms with E-state index in [1.807, 2.05) is 101 Å². The van der Waals surface area contributed by atoms with Crippen LogP contribution in [0.25, 0.3) is 6.08 Å². The predicted molar refractivity (Wildman–Crippen MR) is 179 cm³/mol. The first-order chi connectivity index (χ1) is 20.2. The highest BCUT2D eigenvalue weighted by molar-refractivity contribution is 14.1. The number of benzene rings is 3. The molecule has 1 atom stereocenters. The van der Waals surface area contributed by atoms with Gasteiger partial charge in [0.05, 0.1) is 38.1 Å². The zero-order valence-electron chi connectivity index (χ0n) is 23.5. The summed E-state index contributed by atoms with van der Waals surface area (Å²) in [5.74, 6) is 1.11. The number of nitrogens with zero attached hydrogens (tertiary/aromatic N) is 2. The van der Waals surface area contributed by atoms with Crippen LogP contribution in [0.3, 0.4) is 0 Å². The molecule has 3 aromatic carbocycles. The van der Waals surface area contributed by atoms with Crippen LogP contribution in [-0.2, 0) is 4.79 Å². The lowest BCUT2D eigenvalue weighted by Gasteiger charge is -2.25. The Morgan fingerprint density at radius 1 is 1.17 bits per heavy atom. The van der Waals surface area contributed by atoms with Gasteiger partial charge in [-0.2, -0.15) is 0 Å². The van der Waals surface area contributed by atoms with Crippen LogP contribution in [0, 0.1) is 3.57 Å². The number of fused-ring (bicyclic) bond motifs is 1. The second kappa shape index (κ2) is 13.0. The number of rotatable bonds is 8. The lowest BCUT2D eigenvalue weighted by molar-refractivity contribution is -0.113. The number of thiazole rings is 1. The molecule has 10 heteroatoms. The highest BCUT2D eigenvalue weighted by Crippen LogP contribution is 2.33. The third-order valence-corrected chi connectivity index (χ3v) is 8.72. The molecule has 0 bridgehead atoms. The van der Waals surface area contributed by atoms with Crippen LogP contribution in [0.4, 0.5) is 5.69 Å². The number of para-hydroxylation sites is 1. The van der Waals surface area contributed by atoms with Gasteiger partial charge >= 0.3 is 0 Å². The van der Waals surface area contributed by atoms with Gasteiger partial charge in [0.1, 0.15) is 11.5 Å². The zero-order chi connectivity index (χ0) is 30.0. The minimum Gasteiger partial charge on any atom is -0.494 e. The van der Waals surface area contributed by atoms with Crippen molar-refractivity contribution < 1.29 is 14.3 Å². The van der Waals surface area contributed by atoms with Gasteiger partial charge in [0.2, 0.25) is 0 Å². The normalized spacial score (nSPS) is 14.9. The summed E-state index contributed by atoms with van der Waals surface area (Å²) >= 11 is 7.11. The number of hydrogen-bond acceptors (Lipinski definition) is 6. The lowest BCUT2D eigenvalue weighted by atomic mass is 9.95. The molecule has 0 saturated heterocycles. The Morgan fingerprint density at radius 3 is 2.55 bits per heavy atom. The second-order valence-electron chi connectivity index (χ2n) is 9.88. The van der Waals surface area contributed by atoms with Crippen molar-refractivity contribution in [3.8, 4) is 11.5 Å². The third kappa shape index (κ3) is 6.40. The SMILES string of the molecule is CCOc1ccc([C@@H]2C(C(=O)Nc3ccccc3)=C(C)N=c3s/c(=C\c4cc(Br)cc(I)c4OC(C)C)c(=O)n32)cc1. The van der Waals surface area contributed by atoms with Crippen molar-refractivity contribution in [3.05, 3.63) is 117 Å². The minimum atomic E-state index is -0.684. The summed E-state index contributed by atoms with van der Waals surface area (Å²) in [5.41, 5.74) is 2.94. The largest absolute Gasteiger partial charge is 0.494 e. The first kappa shape index (κ1) is 30.2. The number of amides is 1. The van der Waals surface area contributed by atoms with E-state index in [1.165, 1.54) is 11.3 Å². The Labute approximate surface area is 269 Å². The minimum absolute atomic E-state index is 0.0407. The van der Waals surface area contributed by atoms with Gasteiger partial charge in [-0.15, -0.1) is 0 Å². The third-order valence-electron chi connectivity index (χ3n) is 6.48. The van der Waals surface area contributed by atoms with Crippen molar-refractivity contribution in [2.24, 2.45) is 4.99 Å².